The first-order valence-corrected chi connectivity index (χ1v) is 7.68. The van der Waals surface area contributed by atoms with E-state index in [1.165, 1.54) is 17.4 Å². The van der Waals surface area contributed by atoms with Gasteiger partial charge in [-0.3, -0.25) is 10.1 Å². The lowest BCUT2D eigenvalue weighted by Crippen LogP contribution is -2.06. The van der Waals surface area contributed by atoms with Gasteiger partial charge in [0.2, 0.25) is 0 Å². The van der Waals surface area contributed by atoms with Crippen molar-refractivity contribution in [2.24, 2.45) is 0 Å². The summed E-state index contributed by atoms with van der Waals surface area (Å²) >= 11 is 1.39. The molecule has 1 aromatic carbocycles. The molecule has 0 bridgehead atoms. The lowest BCUT2D eigenvalue weighted by molar-refractivity contribution is -0.383. The smallest absolute Gasteiger partial charge is 0.341 e. The Balaban J connectivity index is 2.39. The highest BCUT2D eigenvalue weighted by Crippen LogP contribution is 2.34. The number of carbonyl (C=O) groups is 1. The Morgan fingerprint density at radius 3 is 2.73 bits per heavy atom. The van der Waals surface area contributed by atoms with Crippen LogP contribution in [0.5, 0.6) is 0 Å². The van der Waals surface area contributed by atoms with Crippen molar-refractivity contribution >= 4 is 33.7 Å². The summed E-state index contributed by atoms with van der Waals surface area (Å²) in [5, 5.41) is 14.6. The van der Waals surface area contributed by atoms with E-state index >= 15 is 0 Å². The van der Waals surface area contributed by atoms with E-state index in [1.807, 2.05) is 6.92 Å². The van der Waals surface area contributed by atoms with Gasteiger partial charge in [0.25, 0.3) is 5.69 Å². The fourth-order valence-electron chi connectivity index (χ4n) is 1.93. The van der Waals surface area contributed by atoms with E-state index < -0.39 is 10.9 Å². The van der Waals surface area contributed by atoms with Gasteiger partial charge < -0.3 is 10.1 Å². The molecule has 7 heteroatoms. The Labute approximate surface area is 131 Å². The molecule has 0 saturated carbocycles. The normalized spacial score (nSPS) is 10.3. The minimum absolute atomic E-state index is 0.0382. The van der Waals surface area contributed by atoms with Gasteiger partial charge in [-0.25, -0.2) is 4.79 Å². The minimum atomic E-state index is -0.458. The van der Waals surface area contributed by atoms with Crippen LogP contribution >= 0.6 is 11.3 Å². The van der Waals surface area contributed by atoms with Crippen LogP contribution in [0.15, 0.2) is 30.3 Å². The van der Waals surface area contributed by atoms with E-state index in [1.54, 1.807) is 31.2 Å². The number of thiophene rings is 1. The van der Waals surface area contributed by atoms with Crippen molar-refractivity contribution < 1.29 is 14.5 Å². The quantitative estimate of drug-likeness (QED) is 0.491. The van der Waals surface area contributed by atoms with Crippen molar-refractivity contribution in [3.05, 3.63) is 50.9 Å². The van der Waals surface area contributed by atoms with Gasteiger partial charge in [-0.05, 0) is 25.5 Å². The average molecular weight is 320 g/mol. The number of carbonyl (C=O) groups excluding carboxylic acids is 1. The molecule has 116 valence electrons. The number of para-hydroxylation sites is 2. The Hall–Kier alpha value is -2.41. The van der Waals surface area contributed by atoms with Gasteiger partial charge in [-0.1, -0.05) is 19.1 Å². The zero-order valence-electron chi connectivity index (χ0n) is 12.3. The van der Waals surface area contributed by atoms with Crippen molar-refractivity contribution in [3.63, 3.8) is 0 Å². The minimum Gasteiger partial charge on any atom is -0.462 e. The van der Waals surface area contributed by atoms with Crippen molar-refractivity contribution in [3.8, 4) is 0 Å². The summed E-state index contributed by atoms with van der Waals surface area (Å²) in [7, 11) is 0. The highest BCUT2D eigenvalue weighted by Gasteiger charge is 2.20. The van der Waals surface area contributed by atoms with Gasteiger partial charge in [-0.2, -0.15) is 0 Å². The SMILES string of the molecule is CCOC(=O)c1cc(CC)sc1Nc1ccccc1[N+](=O)[O-]. The second kappa shape index (κ2) is 7.04. The van der Waals surface area contributed by atoms with Gasteiger partial charge in [0.15, 0.2) is 0 Å². The molecule has 0 aliphatic carbocycles. The molecule has 0 unspecified atom stereocenters. The van der Waals surface area contributed by atoms with Gasteiger partial charge in [-0.15, -0.1) is 11.3 Å². The van der Waals surface area contributed by atoms with E-state index in [2.05, 4.69) is 5.32 Å². The molecule has 0 atom stereocenters. The van der Waals surface area contributed by atoms with Gasteiger partial charge in [0.1, 0.15) is 10.7 Å². The van der Waals surface area contributed by atoms with Crippen molar-refractivity contribution in [1.82, 2.24) is 0 Å². The number of nitrogens with zero attached hydrogens (tertiary/aromatic N) is 1. The predicted octanol–water partition coefficient (Wildman–Crippen LogP) is 4.14. The topological polar surface area (TPSA) is 81.5 Å². The lowest BCUT2D eigenvalue weighted by atomic mass is 10.2. The van der Waals surface area contributed by atoms with Crippen LogP contribution in [0, 0.1) is 10.1 Å². The fraction of sp³-hybridized carbons (Fsp3) is 0.267. The first-order chi connectivity index (χ1) is 10.6. The molecule has 0 radical (unpaired) electrons. The molecule has 0 saturated heterocycles. The van der Waals surface area contributed by atoms with Crippen LogP contribution in [-0.4, -0.2) is 17.5 Å². The van der Waals surface area contributed by atoms with Crippen LogP contribution in [0.2, 0.25) is 0 Å². The van der Waals surface area contributed by atoms with Gasteiger partial charge in [0.05, 0.1) is 17.1 Å². The standard InChI is InChI=1S/C15H16N2O4S/c1-3-10-9-11(15(18)21-4-2)14(22-10)16-12-7-5-6-8-13(12)17(19)20/h5-9,16H,3-4H2,1-2H3. The first-order valence-electron chi connectivity index (χ1n) is 6.87. The second-order valence-electron chi connectivity index (χ2n) is 4.43. The second-order valence-corrected chi connectivity index (χ2v) is 5.57. The Morgan fingerprint density at radius 2 is 2.09 bits per heavy atom. The number of benzene rings is 1. The summed E-state index contributed by atoms with van der Waals surface area (Å²) in [4.78, 5) is 23.6. The third-order valence-corrected chi connectivity index (χ3v) is 4.17. The first kappa shape index (κ1) is 16.0. The maximum absolute atomic E-state index is 12.0. The number of rotatable bonds is 6. The van der Waals surface area contributed by atoms with E-state index in [0.717, 1.165) is 11.3 Å². The molecule has 0 aliphatic rings. The van der Waals surface area contributed by atoms with Crippen LogP contribution in [0.4, 0.5) is 16.4 Å². The molecule has 6 nitrogen and oxygen atoms in total. The summed E-state index contributed by atoms with van der Waals surface area (Å²) in [6.45, 7) is 4.00. The number of nitro groups is 1. The summed E-state index contributed by atoms with van der Waals surface area (Å²) in [5.74, 6) is -0.431. The molecule has 0 fully saturated rings. The molecule has 0 aliphatic heterocycles. The zero-order valence-corrected chi connectivity index (χ0v) is 13.1. The highest BCUT2D eigenvalue weighted by molar-refractivity contribution is 7.16. The molecule has 2 aromatic rings. The maximum atomic E-state index is 12.0. The molecule has 0 amide bonds. The molecule has 2 rings (SSSR count). The zero-order chi connectivity index (χ0) is 16.1. The lowest BCUT2D eigenvalue weighted by Gasteiger charge is -2.07. The summed E-state index contributed by atoms with van der Waals surface area (Å²) in [6.07, 6.45) is 0.773. The molecule has 1 N–H and O–H groups in total. The van der Waals surface area contributed by atoms with Crippen molar-refractivity contribution in [2.45, 2.75) is 20.3 Å². The number of nitro benzene ring substituents is 1. The number of hydrogen-bond donors (Lipinski definition) is 1. The molecular formula is C15H16N2O4S. The molecule has 1 aromatic heterocycles. The number of esters is 1. The van der Waals surface area contributed by atoms with Gasteiger partial charge in [0, 0.05) is 10.9 Å². The summed E-state index contributed by atoms with van der Waals surface area (Å²) < 4.78 is 5.04. The molecule has 1 heterocycles. The molecule has 0 spiro atoms. The van der Waals surface area contributed by atoms with Crippen LogP contribution in [-0.2, 0) is 11.2 Å². The summed E-state index contributed by atoms with van der Waals surface area (Å²) in [6, 6.07) is 8.09. The van der Waals surface area contributed by atoms with Crippen LogP contribution in [0.3, 0.4) is 0 Å². The fourth-order valence-corrected chi connectivity index (χ4v) is 2.93. The monoisotopic (exact) mass is 320 g/mol. The largest absolute Gasteiger partial charge is 0.462 e. The summed E-state index contributed by atoms with van der Waals surface area (Å²) in [5.41, 5.74) is 0.716. The van der Waals surface area contributed by atoms with Crippen LogP contribution in [0.25, 0.3) is 0 Å². The Bertz CT molecular complexity index is 697. The van der Waals surface area contributed by atoms with Crippen LogP contribution < -0.4 is 5.32 Å². The van der Waals surface area contributed by atoms with E-state index in [-0.39, 0.29) is 12.3 Å². The van der Waals surface area contributed by atoms with E-state index in [9.17, 15) is 14.9 Å². The average Bonchev–Trinajstić information content (AvgIpc) is 2.91. The number of ether oxygens (including phenoxy) is 1. The number of anilines is 2. The van der Waals surface area contributed by atoms with E-state index in [0.29, 0.717) is 16.3 Å². The van der Waals surface area contributed by atoms with Crippen molar-refractivity contribution in [1.29, 1.82) is 0 Å². The van der Waals surface area contributed by atoms with E-state index in [4.69, 9.17) is 4.74 Å². The number of nitrogens with one attached hydrogen (secondary N) is 1. The maximum Gasteiger partial charge on any atom is 0.341 e. The third-order valence-electron chi connectivity index (χ3n) is 2.98. The van der Waals surface area contributed by atoms with Gasteiger partial charge >= 0.3 is 5.97 Å². The molecule has 22 heavy (non-hydrogen) atoms. The molecular weight excluding hydrogens is 304 g/mol. The van der Waals surface area contributed by atoms with Crippen LogP contribution in [0.1, 0.15) is 29.1 Å². The highest BCUT2D eigenvalue weighted by atomic mass is 32.1. The Kier molecular flexibility index (Phi) is 5.11. The van der Waals surface area contributed by atoms with Crippen molar-refractivity contribution in [2.75, 3.05) is 11.9 Å². The number of hydrogen-bond acceptors (Lipinski definition) is 6. The predicted molar refractivity (Wildman–Crippen MR) is 86.0 cm³/mol. The number of aryl methyl sites for hydroxylation is 1. The Morgan fingerprint density at radius 1 is 1.36 bits per heavy atom. The third kappa shape index (κ3) is 3.43.